The lowest BCUT2D eigenvalue weighted by atomic mass is 10.1. The van der Waals surface area contributed by atoms with Gasteiger partial charge in [0.25, 0.3) is 0 Å². The molecule has 0 saturated heterocycles. The van der Waals surface area contributed by atoms with Crippen LogP contribution in [0.1, 0.15) is 27.6 Å². The van der Waals surface area contributed by atoms with Gasteiger partial charge < -0.3 is 19.9 Å². The maximum atomic E-state index is 12.5. The predicted octanol–water partition coefficient (Wildman–Crippen LogP) is 4.79. The molecule has 1 aliphatic rings. The molecule has 0 spiro atoms. The minimum atomic E-state index is -0.679. The zero-order valence-corrected chi connectivity index (χ0v) is 19.8. The van der Waals surface area contributed by atoms with Crippen LogP contribution >= 0.6 is 11.8 Å². The summed E-state index contributed by atoms with van der Waals surface area (Å²) in [7, 11) is 1.29. The Labute approximate surface area is 207 Å². The lowest BCUT2D eigenvalue weighted by Gasteiger charge is -2.21. The largest absolute Gasteiger partial charge is 0.482 e. The van der Waals surface area contributed by atoms with Crippen LogP contribution in [0.5, 0.6) is 5.75 Å². The number of methoxy groups -OCH3 is 1. The minimum Gasteiger partial charge on any atom is -0.482 e. The molecule has 2 unspecified atom stereocenters. The van der Waals surface area contributed by atoms with Crippen molar-refractivity contribution in [3.05, 3.63) is 89.5 Å². The first-order chi connectivity index (χ1) is 16.9. The van der Waals surface area contributed by atoms with E-state index in [1.807, 2.05) is 48.5 Å². The number of amides is 1. The molecule has 1 aliphatic heterocycles. The van der Waals surface area contributed by atoms with Crippen molar-refractivity contribution >= 4 is 35.3 Å². The molecule has 9 heteroatoms. The third-order valence-electron chi connectivity index (χ3n) is 5.43. The second-order valence-electron chi connectivity index (χ2n) is 7.81. The molecule has 1 heterocycles. The molecule has 4 N–H and O–H groups in total. The molecule has 4 rings (SSSR count). The third kappa shape index (κ3) is 5.93. The van der Waals surface area contributed by atoms with Crippen LogP contribution in [-0.4, -0.2) is 36.9 Å². The van der Waals surface area contributed by atoms with E-state index in [-0.39, 0.29) is 17.7 Å². The number of thioether (sulfide) groups is 1. The number of hydrogen-bond donors (Lipinski definition) is 3. The van der Waals surface area contributed by atoms with Crippen molar-refractivity contribution in [3.63, 3.8) is 0 Å². The van der Waals surface area contributed by atoms with Gasteiger partial charge in [-0.25, -0.2) is 9.59 Å². The van der Waals surface area contributed by atoms with Gasteiger partial charge in [-0.15, -0.1) is 11.8 Å². The van der Waals surface area contributed by atoms with Gasteiger partial charge in [0.15, 0.2) is 6.10 Å². The van der Waals surface area contributed by atoms with Gasteiger partial charge in [-0.2, -0.15) is 0 Å². The Balaban J connectivity index is 1.47. The Hall–Kier alpha value is -3.98. The zero-order chi connectivity index (χ0) is 24.8. The molecular formula is C26H25N3O5S. The van der Waals surface area contributed by atoms with E-state index in [4.69, 9.17) is 25.4 Å². The predicted molar refractivity (Wildman–Crippen MR) is 134 cm³/mol. The highest BCUT2D eigenvalue weighted by Crippen LogP contribution is 2.42. The highest BCUT2D eigenvalue weighted by atomic mass is 32.2. The van der Waals surface area contributed by atoms with Crippen LogP contribution in [0.15, 0.2) is 77.7 Å². The molecular weight excluding hydrogens is 466 g/mol. The third-order valence-corrected chi connectivity index (χ3v) is 6.77. The summed E-state index contributed by atoms with van der Waals surface area (Å²) in [5, 5.41) is 10.3. The van der Waals surface area contributed by atoms with Crippen molar-refractivity contribution in [2.45, 2.75) is 22.7 Å². The standard InChI is InChI=1S/C26H25N3O5S/c1-32-25(30)17-9-5-10-18(13-17)29-26(31)33-15-21(16-7-3-2-4-8-16)34-20-11-6-12-22-19(20)14-23(35-22)24(27)28/h2-13,21,23H,14-15H2,1H3,(H3,27,28)(H,29,31). The molecule has 0 radical (unpaired) electrons. The normalized spacial score (nSPS) is 14.9. The smallest absolute Gasteiger partial charge is 0.411 e. The zero-order valence-electron chi connectivity index (χ0n) is 19.0. The highest BCUT2D eigenvalue weighted by Gasteiger charge is 2.28. The second kappa shape index (κ2) is 11.0. The van der Waals surface area contributed by atoms with Crippen LogP contribution in [0, 0.1) is 5.41 Å². The van der Waals surface area contributed by atoms with Gasteiger partial charge in [-0.3, -0.25) is 10.7 Å². The Morgan fingerprint density at radius 2 is 1.89 bits per heavy atom. The number of nitrogens with one attached hydrogen (secondary N) is 2. The Bertz CT molecular complexity index is 1230. The van der Waals surface area contributed by atoms with Crippen molar-refractivity contribution in [1.82, 2.24) is 0 Å². The summed E-state index contributed by atoms with van der Waals surface area (Å²) in [6.45, 7) is -0.0422. The summed E-state index contributed by atoms with van der Waals surface area (Å²) in [5.74, 6) is 0.301. The lowest BCUT2D eigenvalue weighted by Crippen LogP contribution is -2.24. The van der Waals surface area contributed by atoms with Gasteiger partial charge in [0.2, 0.25) is 0 Å². The number of carbonyl (C=O) groups is 2. The molecule has 0 bridgehead atoms. The monoisotopic (exact) mass is 491 g/mol. The van der Waals surface area contributed by atoms with E-state index in [1.165, 1.54) is 13.2 Å². The number of amidine groups is 1. The maximum Gasteiger partial charge on any atom is 0.411 e. The van der Waals surface area contributed by atoms with E-state index >= 15 is 0 Å². The molecule has 35 heavy (non-hydrogen) atoms. The Morgan fingerprint density at radius 1 is 1.11 bits per heavy atom. The topological polar surface area (TPSA) is 124 Å². The number of benzene rings is 3. The van der Waals surface area contributed by atoms with E-state index in [9.17, 15) is 9.59 Å². The van der Waals surface area contributed by atoms with Crippen LogP contribution in [0.4, 0.5) is 10.5 Å². The van der Waals surface area contributed by atoms with Gasteiger partial charge >= 0.3 is 12.1 Å². The van der Waals surface area contributed by atoms with Gasteiger partial charge in [0, 0.05) is 16.1 Å². The van der Waals surface area contributed by atoms with E-state index in [0.29, 0.717) is 23.4 Å². The van der Waals surface area contributed by atoms with E-state index in [2.05, 4.69) is 5.32 Å². The van der Waals surface area contributed by atoms with Gasteiger partial charge in [0.1, 0.15) is 18.2 Å². The van der Waals surface area contributed by atoms with Crippen LogP contribution in [-0.2, 0) is 15.9 Å². The number of nitrogens with two attached hydrogens (primary N) is 1. The van der Waals surface area contributed by atoms with Gasteiger partial charge in [0.05, 0.1) is 17.9 Å². The highest BCUT2D eigenvalue weighted by molar-refractivity contribution is 8.01. The van der Waals surface area contributed by atoms with Crippen molar-refractivity contribution in [1.29, 1.82) is 5.41 Å². The number of hydrogen-bond acceptors (Lipinski definition) is 7. The first-order valence-corrected chi connectivity index (χ1v) is 11.8. The summed E-state index contributed by atoms with van der Waals surface area (Å²) in [4.78, 5) is 25.3. The molecule has 3 aromatic carbocycles. The first kappa shape index (κ1) is 24.2. The van der Waals surface area contributed by atoms with Crippen molar-refractivity contribution in [2.75, 3.05) is 19.0 Å². The van der Waals surface area contributed by atoms with Crippen molar-refractivity contribution < 1.29 is 23.8 Å². The summed E-state index contributed by atoms with van der Waals surface area (Å²) < 4.78 is 16.5. The van der Waals surface area contributed by atoms with Crippen LogP contribution < -0.4 is 15.8 Å². The van der Waals surface area contributed by atoms with E-state index in [0.717, 1.165) is 16.0 Å². The number of carbonyl (C=O) groups excluding carboxylic acids is 2. The number of anilines is 1. The molecule has 0 aliphatic carbocycles. The Kier molecular flexibility index (Phi) is 7.57. The number of esters is 1. The average Bonchev–Trinajstić information content (AvgIpc) is 3.32. The molecule has 3 aromatic rings. The molecule has 1 amide bonds. The minimum absolute atomic E-state index is 0.0422. The molecule has 2 atom stereocenters. The summed E-state index contributed by atoms with van der Waals surface area (Å²) in [6, 6.07) is 21.6. The van der Waals surface area contributed by atoms with Crippen molar-refractivity contribution in [3.8, 4) is 5.75 Å². The second-order valence-corrected chi connectivity index (χ2v) is 9.06. The number of ether oxygens (including phenoxy) is 3. The van der Waals surface area contributed by atoms with Gasteiger partial charge in [-0.05, 0) is 42.3 Å². The van der Waals surface area contributed by atoms with Crippen molar-refractivity contribution in [2.24, 2.45) is 5.73 Å². The lowest BCUT2D eigenvalue weighted by molar-refractivity contribution is 0.0600. The van der Waals surface area contributed by atoms with E-state index in [1.54, 1.807) is 30.0 Å². The summed E-state index contributed by atoms with van der Waals surface area (Å²) in [6.07, 6.45) is -0.636. The Morgan fingerprint density at radius 3 is 2.63 bits per heavy atom. The fourth-order valence-electron chi connectivity index (χ4n) is 3.69. The molecule has 0 aromatic heterocycles. The average molecular weight is 492 g/mol. The van der Waals surface area contributed by atoms with Crippen LogP contribution in [0.25, 0.3) is 0 Å². The summed E-state index contributed by atoms with van der Waals surface area (Å²) >= 11 is 1.55. The number of rotatable bonds is 8. The SMILES string of the molecule is COC(=O)c1cccc(NC(=O)OCC(Oc2cccc3c2CC(C(=N)N)S3)c2ccccc2)c1. The molecule has 180 valence electrons. The first-order valence-electron chi connectivity index (χ1n) is 10.9. The fraction of sp³-hybridized carbons (Fsp3) is 0.192. The maximum absolute atomic E-state index is 12.5. The quantitative estimate of drug-likeness (QED) is 0.235. The number of fused-ring (bicyclic) bond motifs is 1. The van der Waals surface area contributed by atoms with Crippen LogP contribution in [0.2, 0.25) is 0 Å². The molecule has 8 nitrogen and oxygen atoms in total. The molecule has 0 fully saturated rings. The van der Waals surface area contributed by atoms with Crippen LogP contribution in [0.3, 0.4) is 0 Å². The fourth-order valence-corrected chi connectivity index (χ4v) is 4.85. The summed E-state index contributed by atoms with van der Waals surface area (Å²) in [5.41, 5.74) is 8.29. The molecule has 0 saturated carbocycles. The van der Waals surface area contributed by atoms with E-state index < -0.39 is 18.2 Å². The van der Waals surface area contributed by atoms with Gasteiger partial charge in [-0.1, -0.05) is 42.5 Å².